The number of nitrogens with one attached hydrogen (secondary N) is 1. The van der Waals surface area contributed by atoms with E-state index in [1.807, 2.05) is 42.2 Å². The smallest absolute Gasteiger partial charge is 0.217 e. The van der Waals surface area contributed by atoms with E-state index in [1.165, 1.54) is 13.0 Å². The van der Waals surface area contributed by atoms with Crippen LogP contribution in [-0.4, -0.2) is 30.1 Å². The molecule has 0 bridgehead atoms. The zero-order valence-electron chi connectivity index (χ0n) is 14.4. The molecular formula is C19H22FN3O2. The fourth-order valence-corrected chi connectivity index (χ4v) is 3.02. The topological polar surface area (TPSA) is 54.5 Å². The van der Waals surface area contributed by atoms with Crippen molar-refractivity contribution in [3.63, 3.8) is 0 Å². The van der Waals surface area contributed by atoms with Gasteiger partial charge in [0.15, 0.2) is 0 Å². The minimum Gasteiger partial charge on any atom is -0.489 e. The molecule has 1 aliphatic rings. The van der Waals surface area contributed by atoms with E-state index in [4.69, 9.17) is 4.74 Å². The van der Waals surface area contributed by atoms with Crippen molar-refractivity contribution >= 4 is 11.7 Å². The predicted molar refractivity (Wildman–Crippen MR) is 94.1 cm³/mol. The highest BCUT2D eigenvalue weighted by Gasteiger charge is 2.25. The molecule has 3 rings (SSSR count). The van der Waals surface area contributed by atoms with Crippen LogP contribution in [0.1, 0.15) is 31.9 Å². The van der Waals surface area contributed by atoms with Crippen molar-refractivity contribution in [1.29, 1.82) is 0 Å². The van der Waals surface area contributed by atoms with E-state index in [1.54, 1.807) is 6.07 Å². The van der Waals surface area contributed by atoms with Gasteiger partial charge >= 0.3 is 0 Å². The number of ether oxygens (including phenoxy) is 1. The maximum atomic E-state index is 13.3. The van der Waals surface area contributed by atoms with Gasteiger partial charge in [0, 0.05) is 19.9 Å². The van der Waals surface area contributed by atoms with E-state index in [-0.39, 0.29) is 18.1 Å². The number of anilines is 1. The van der Waals surface area contributed by atoms with Gasteiger partial charge in [-0.25, -0.2) is 4.98 Å². The third kappa shape index (κ3) is 4.47. The lowest BCUT2D eigenvalue weighted by Crippen LogP contribution is -2.25. The summed E-state index contributed by atoms with van der Waals surface area (Å²) in [6.45, 7) is 4.92. The first kappa shape index (κ1) is 17.2. The first-order chi connectivity index (χ1) is 12.0. The minimum absolute atomic E-state index is 0.0347. The van der Waals surface area contributed by atoms with Crippen molar-refractivity contribution < 1.29 is 13.9 Å². The summed E-state index contributed by atoms with van der Waals surface area (Å²) in [5, 5.41) is 2.86. The highest BCUT2D eigenvalue weighted by Crippen LogP contribution is 2.24. The molecule has 1 amide bonds. The van der Waals surface area contributed by atoms with Crippen molar-refractivity contribution in [1.82, 2.24) is 10.3 Å². The molecule has 0 unspecified atom stereocenters. The second kappa shape index (κ2) is 7.51. The molecule has 132 valence electrons. The summed E-state index contributed by atoms with van der Waals surface area (Å²) in [5.74, 6) is 0.916. The molecule has 2 heterocycles. The summed E-state index contributed by atoms with van der Waals surface area (Å²) in [7, 11) is 0. The van der Waals surface area contributed by atoms with Crippen molar-refractivity contribution in [2.24, 2.45) is 0 Å². The second-order valence-electron chi connectivity index (χ2n) is 6.28. The van der Waals surface area contributed by atoms with E-state index in [0.717, 1.165) is 24.3 Å². The SMILES string of the molecule is CC(=O)N[C@@H](C)c1ccc(O[C@@H]2CCN(c3cccc(F)n3)C2)cc1. The third-order valence-electron chi connectivity index (χ3n) is 4.27. The number of halogens is 1. The lowest BCUT2D eigenvalue weighted by atomic mass is 10.1. The van der Waals surface area contributed by atoms with Gasteiger partial charge in [0.2, 0.25) is 11.9 Å². The van der Waals surface area contributed by atoms with Gasteiger partial charge in [0.05, 0.1) is 12.6 Å². The van der Waals surface area contributed by atoms with Gasteiger partial charge in [0.1, 0.15) is 17.7 Å². The van der Waals surface area contributed by atoms with E-state index in [0.29, 0.717) is 12.4 Å². The maximum absolute atomic E-state index is 13.3. The molecule has 6 heteroatoms. The lowest BCUT2D eigenvalue weighted by Gasteiger charge is -2.18. The van der Waals surface area contributed by atoms with Gasteiger partial charge in [-0.15, -0.1) is 0 Å². The summed E-state index contributed by atoms with van der Waals surface area (Å²) in [6, 6.07) is 12.5. The number of aromatic nitrogens is 1. The van der Waals surface area contributed by atoms with E-state index in [2.05, 4.69) is 10.3 Å². The Morgan fingerprint density at radius 3 is 2.76 bits per heavy atom. The van der Waals surface area contributed by atoms with Gasteiger partial charge in [-0.3, -0.25) is 4.79 Å². The van der Waals surface area contributed by atoms with Gasteiger partial charge in [-0.2, -0.15) is 4.39 Å². The molecule has 1 aliphatic heterocycles. The summed E-state index contributed by atoms with van der Waals surface area (Å²) in [6.07, 6.45) is 0.908. The summed E-state index contributed by atoms with van der Waals surface area (Å²) >= 11 is 0. The minimum atomic E-state index is -0.467. The van der Waals surface area contributed by atoms with Gasteiger partial charge in [0.25, 0.3) is 0 Å². The molecule has 1 fully saturated rings. The molecule has 0 radical (unpaired) electrons. The van der Waals surface area contributed by atoms with Crippen LogP contribution in [-0.2, 0) is 4.79 Å². The average molecular weight is 343 g/mol. The molecule has 2 aromatic rings. The number of pyridine rings is 1. The van der Waals surface area contributed by atoms with Crippen molar-refractivity contribution in [2.45, 2.75) is 32.4 Å². The number of carbonyl (C=O) groups is 1. The molecular weight excluding hydrogens is 321 g/mol. The fraction of sp³-hybridized carbons (Fsp3) is 0.368. The van der Waals surface area contributed by atoms with E-state index < -0.39 is 5.95 Å². The highest BCUT2D eigenvalue weighted by atomic mass is 19.1. The Morgan fingerprint density at radius 1 is 1.32 bits per heavy atom. The predicted octanol–water partition coefficient (Wildman–Crippen LogP) is 3.08. The van der Waals surface area contributed by atoms with Crippen LogP contribution in [0.25, 0.3) is 0 Å². The third-order valence-corrected chi connectivity index (χ3v) is 4.27. The Balaban J connectivity index is 1.57. The zero-order chi connectivity index (χ0) is 17.8. The summed E-state index contributed by atoms with van der Waals surface area (Å²) in [5.41, 5.74) is 1.03. The molecule has 2 atom stereocenters. The number of benzene rings is 1. The van der Waals surface area contributed by atoms with Gasteiger partial charge in [-0.05, 0) is 36.8 Å². The molecule has 0 aliphatic carbocycles. The van der Waals surface area contributed by atoms with Crippen LogP contribution in [0.15, 0.2) is 42.5 Å². The standard InChI is InChI=1S/C19H22FN3O2/c1-13(21-14(2)24)15-6-8-16(9-7-15)25-17-10-11-23(12-17)19-5-3-4-18(20)22-19/h3-9,13,17H,10-12H2,1-2H3,(H,21,24)/t13-,17+/m0/s1. The number of hydrogen-bond acceptors (Lipinski definition) is 4. The summed E-state index contributed by atoms with van der Waals surface area (Å²) in [4.78, 5) is 17.1. The number of amides is 1. The van der Waals surface area contributed by atoms with Crippen LogP contribution in [0.3, 0.4) is 0 Å². The molecule has 1 aromatic heterocycles. The Labute approximate surface area is 146 Å². The van der Waals surface area contributed by atoms with Crippen LogP contribution in [0.4, 0.5) is 10.2 Å². The quantitative estimate of drug-likeness (QED) is 0.848. The lowest BCUT2D eigenvalue weighted by molar-refractivity contribution is -0.119. The number of carbonyl (C=O) groups excluding carboxylic acids is 1. The Bertz CT molecular complexity index is 736. The van der Waals surface area contributed by atoms with E-state index >= 15 is 0 Å². The average Bonchev–Trinajstić information content (AvgIpc) is 3.03. The van der Waals surface area contributed by atoms with Gasteiger partial charge < -0.3 is 15.0 Å². The molecule has 0 saturated carbocycles. The van der Waals surface area contributed by atoms with Crippen LogP contribution >= 0.6 is 0 Å². The van der Waals surface area contributed by atoms with Gasteiger partial charge in [-0.1, -0.05) is 18.2 Å². The molecule has 25 heavy (non-hydrogen) atoms. The highest BCUT2D eigenvalue weighted by molar-refractivity contribution is 5.73. The zero-order valence-corrected chi connectivity index (χ0v) is 14.4. The van der Waals surface area contributed by atoms with Crippen LogP contribution in [0.5, 0.6) is 5.75 Å². The Hall–Kier alpha value is -2.63. The summed E-state index contributed by atoms with van der Waals surface area (Å²) < 4.78 is 19.3. The molecule has 1 saturated heterocycles. The molecule has 0 spiro atoms. The second-order valence-corrected chi connectivity index (χ2v) is 6.28. The van der Waals surface area contributed by atoms with Crippen molar-refractivity contribution in [3.05, 3.63) is 54.0 Å². The van der Waals surface area contributed by atoms with Crippen LogP contribution in [0.2, 0.25) is 0 Å². The molecule has 5 nitrogen and oxygen atoms in total. The Kier molecular flexibility index (Phi) is 5.16. The monoisotopic (exact) mass is 343 g/mol. The fourth-order valence-electron chi connectivity index (χ4n) is 3.02. The maximum Gasteiger partial charge on any atom is 0.217 e. The van der Waals surface area contributed by atoms with Crippen LogP contribution < -0.4 is 15.0 Å². The van der Waals surface area contributed by atoms with Crippen molar-refractivity contribution in [2.75, 3.05) is 18.0 Å². The van der Waals surface area contributed by atoms with E-state index in [9.17, 15) is 9.18 Å². The normalized spacial score (nSPS) is 18.0. The molecule has 1 aromatic carbocycles. The first-order valence-electron chi connectivity index (χ1n) is 8.42. The van der Waals surface area contributed by atoms with Crippen LogP contribution in [0, 0.1) is 5.95 Å². The number of rotatable bonds is 5. The largest absolute Gasteiger partial charge is 0.489 e. The number of hydrogen-bond donors (Lipinski definition) is 1. The molecule has 1 N–H and O–H groups in total. The first-order valence-corrected chi connectivity index (χ1v) is 8.42. The number of nitrogens with zero attached hydrogens (tertiary/aromatic N) is 2. The van der Waals surface area contributed by atoms with Crippen molar-refractivity contribution in [3.8, 4) is 5.75 Å². The Morgan fingerprint density at radius 2 is 2.08 bits per heavy atom.